The molecular formula is C9H17BrN4O3S. The number of hydrogen-bond donors (Lipinski definition) is 1. The van der Waals surface area contributed by atoms with E-state index in [4.69, 9.17) is 4.74 Å². The average molecular weight is 341 g/mol. The molecule has 0 aliphatic heterocycles. The van der Waals surface area contributed by atoms with Gasteiger partial charge < -0.3 is 4.74 Å². The van der Waals surface area contributed by atoms with Crippen molar-refractivity contribution in [1.29, 1.82) is 0 Å². The molecule has 104 valence electrons. The van der Waals surface area contributed by atoms with E-state index in [1.807, 2.05) is 6.92 Å². The molecule has 0 saturated carbocycles. The smallest absolute Gasteiger partial charge is 0.260 e. The van der Waals surface area contributed by atoms with E-state index in [-0.39, 0.29) is 9.63 Å². The van der Waals surface area contributed by atoms with Crippen molar-refractivity contribution in [3.8, 4) is 0 Å². The van der Waals surface area contributed by atoms with Gasteiger partial charge in [-0.1, -0.05) is 12.1 Å². The Morgan fingerprint density at radius 3 is 2.72 bits per heavy atom. The highest BCUT2D eigenvalue weighted by Gasteiger charge is 2.22. The van der Waals surface area contributed by atoms with Crippen LogP contribution in [0.1, 0.15) is 19.8 Å². The largest absolute Gasteiger partial charge is 0.381 e. The van der Waals surface area contributed by atoms with Crippen LogP contribution in [0.15, 0.2) is 9.63 Å². The fraction of sp³-hybridized carbons (Fsp3) is 0.778. The first-order valence-electron chi connectivity index (χ1n) is 5.61. The molecule has 1 aromatic heterocycles. The van der Waals surface area contributed by atoms with Crippen molar-refractivity contribution >= 4 is 26.0 Å². The quantitative estimate of drug-likeness (QED) is 0.703. The topological polar surface area (TPSA) is 86.1 Å². The van der Waals surface area contributed by atoms with Gasteiger partial charge >= 0.3 is 0 Å². The molecule has 0 saturated heterocycles. The maximum absolute atomic E-state index is 11.9. The number of aromatic nitrogens is 3. The van der Waals surface area contributed by atoms with Crippen molar-refractivity contribution in [3.05, 3.63) is 4.60 Å². The summed E-state index contributed by atoms with van der Waals surface area (Å²) in [5.41, 5.74) is 0. The number of rotatable bonds is 8. The van der Waals surface area contributed by atoms with E-state index in [2.05, 4.69) is 31.0 Å². The van der Waals surface area contributed by atoms with Gasteiger partial charge in [-0.05, 0) is 28.8 Å². The van der Waals surface area contributed by atoms with Crippen LogP contribution in [0.4, 0.5) is 0 Å². The van der Waals surface area contributed by atoms with Gasteiger partial charge in [0.05, 0.1) is 0 Å². The Bertz CT molecular complexity index is 455. The fourth-order valence-electron chi connectivity index (χ4n) is 1.30. The first kappa shape index (κ1) is 15.5. The van der Waals surface area contributed by atoms with Crippen molar-refractivity contribution in [2.45, 2.75) is 24.8 Å². The van der Waals surface area contributed by atoms with E-state index in [9.17, 15) is 8.42 Å². The SMILES string of the molecule is CCCOCCCNS(=O)(=O)c1c(Br)nnn1C. The molecule has 0 unspecified atom stereocenters. The number of aryl methyl sites for hydroxylation is 1. The van der Waals surface area contributed by atoms with Crippen LogP contribution in [0.2, 0.25) is 0 Å². The van der Waals surface area contributed by atoms with E-state index in [1.54, 1.807) is 0 Å². The van der Waals surface area contributed by atoms with Gasteiger partial charge in [0.25, 0.3) is 10.0 Å². The number of halogens is 1. The normalized spacial score (nSPS) is 11.9. The summed E-state index contributed by atoms with van der Waals surface area (Å²) in [5.74, 6) is 0. The zero-order valence-corrected chi connectivity index (χ0v) is 12.8. The van der Waals surface area contributed by atoms with Gasteiger partial charge in [0.1, 0.15) is 0 Å². The third kappa shape index (κ3) is 4.30. The molecule has 1 N–H and O–H groups in total. The molecule has 1 aromatic rings. The third-order valence-electron chi connectivity index (χ3n) is 2.10. The van der Waals surface area contributed by atoms with Gasteiger partial charge in [0.2, 0.25) is 5.03 Å². The predicted octanol–water partition coefficient (Wildman–Crippen LogP) is 0.673. The van der Waals surface area contributed by atoms with Crippen molar-refractivity contribution in [2.24, 2.45) is 7.05 Å². The number of ether oxygens (including phenoxy) is 1. The highest BCUT2D eigenvalue weighted by atomic mass is 79.9. The van der Waals surface area contributed by atoms with Crippen LogP contribution in [0.25, 0.3) is 0 Å². The monoisotopic (exact) mass is 340 g/mol. The summed E-state index contributed by atoms with van der Waals surface area (Å²) in [6, 6.07) is 0. The van der Waals surface area contributed by atoms with Gasteiger partial charge in [0, 0.05) is 26.8 Å². The highest BCUT2D eigenvalue weighted by Crippen LogP contribution is 2.17. The zero-order chi connectivity index (χ0) is 13.6. The minimum Gasteiger partial charge on any atom is -0.381 e. The molecule has 0 fully saturated rings. The van der Waals surface area contributed by atoms with Gasteiger partial charge in [-0.25, -0.2) is 17.8 Å². The van der Waals surface area contributed by atoms with Gasteiger partial charge in [-0.15, -0.1) is 5.10 Å². The second kappa shape index (κ2) is 7.17. The molecule has 0 aliphatic rings. The summed E-state index contributed by atoms with van der Waals surface area (Å²) < 4.78 is 33.0. The van der Waals surface area contributed by atoms with Crippen molar-refractivity contribution < 1.29 is 13.2 Å². The summed E-state index contributed by atoms with van der Waals surface area (Å²) in [5, 5.41) is 7.29. The molecule has 18 heavy (non-hydrogen) atoms. The first-order valence-corrected chi connectivity index (χ1v) is 7.89. The lowest BCUT2D eigenvalue weighted by Gasteiger charge is -2.06. The summed E-state index contributed by atoms with van der Waals surface area (Å²) in [7, 11) is -2.06. The lowest BCUT2D eigenvalue weighted by atomic mass is 10.4. The van der Waals surface area contributed by atoms with Crippen LogP contribution in [-0.2, 0) is 21.8 Å². The standard InChI is InChI=1S/C9H17BrN4O3S/c1-3-6-17-7-4-5-11-18(15,16)9-8(10)12-13-14(9)2/h11H,3-7H2,1-2H3. The molecule has 1 heterocycles. The minimum absolute atomic E-state index is 0.0250. The fourth-order valence-corrected chi connectivity index (χ4v) is 3.47. The van der Waals surface area contributed by atoms with Crippen LogP contribution in [-0.4, -0.2) is 43.2 Å². The molecule has 7 nitrogen and oxygen atoms in total. The van der Waals surface area contributed by atoms with Crippen LogP contribution < -0.4 is 4.72 Å². The molecular weight excluding hydrogens is 324 g/mol. The lowest BCUT2D eigenvalue weighted by Crippen LogP contribution is -2.27. The number of sulfonamides is 1. The highest BCUT2D eigenvalue weighted by molar-refractivity contribution is 9.10. The average Bonchev–Trinajstić information content (AvgIpc) is 2.64. The van der Waals surface area contributed by atoms with Crippen LogP contribution in [0.5, 0.6) is 0 Å². The second-order valence-electron chi connectivity index (χ2n) is 3.67. The van der Waals surface area contributed by atoms with Crippen molar-refractivity contribution in [3.63, 3.8) is 0 Å². The summed E-state index contributed by atoms with van der Waals surface area (Å²) in [6.07, 6.45) is 1.58. The molecule has 0 aromatic carbocycles. The number of hydrogen-bond acceptors (Lipinski definition) is 5. The summed E-state index contributed by atoms with van der Waals surface area (Å²) in [6.45, 7) is 3.59. The molecule has 0 spiro atoms. The maximum atomic E-state index is 11.9. The van der Waals surface area contributed by atoms with E-state index in [0.717, 1.165) is 6.42 Å². The van der Waals surface area contributed by atoms with E-state index < -0.39 is 10.0 Å². The Balaban J connectivity index is 2.46. The molecule has 1 rings (SSSR count). The molecule has 0 radical (unpaired) electrons. The molecule has 0 bridgehead atoms. The van der Waals surface area contributed by atoms with Crippen molar-refractivity contribution in [1.82, 2.24) is 19.7 Å². The lowest BCUT2D eigenvalue weighted by molar-refractivity contribution is 0.133. The second-order valence-corrected chi connectivity index (χ2v) is 6.11. The minimum atomic E-state index is -3.59. The Labute approximate surface area is 115 Å². The van der Waals surface area contributed by atoms with E-state index >= 15 is 0 Å². The van der Waals surface area contributed by atoms with E-state index in [0.29, 0.717) is 26.2 Å². The Kier molecular flexibility index (Phi) is 6.19. The van der Waals surface area contributed by atoms with Gasteiger partial charge in [-0.3, -0.25) is 0 Å². The third-order valence-corrected chi connectivity index (χ3v) is 4.45. The van der Waals surface area contributed by atoms with Gasteiger partial charge in [-0.2, -0.15) is 0 Å². The number of nitrogens with zero attached hydrogens (tertiary/aromatic N) is 3. The molecule has 0 aliphatic carbocycles. The van der Waals surface area contributed by atoms with Crippen LogP contribution in [0.3, 0.4) is 0 Å². The Morgan fingerprint density at radius 1 is 1.44 bits per heavy atom. The number of nitrogens with one attached hydrogen (secondary N) is 1. The zero-order valence-electron chi connectivity index (χ0n) is 10.4. The maximum Gasteiger partial charge on any atom is 0.260 e. The molecule has 9 heteroatoms. The molecule has 0 amide bonds. The summed E-state index contributed by atoms with van der Waals surface area (Å²) >= 11 is 3.06. The van der Waals surface area contributed by atoms with Crippen LogP contribution >= 0.6 is 15.9 Å². The Morgan fingerprint density at radius 2 is 2.17 bits per heavy atom. The van der Waals surface area contributed by atoms with Crippen molar-refractivity contribution in [2.75, 3.05) is 19.8 Å². The van der Waals surface area contributed by atoms with Crippen LogP contribution in [0, 0.1) is 0 Å². The van der Waals surface area contributed by atoms with E-state index in [1.165, 1.54) is 11.7 Å². The Hall–Kier alpha value is -0.510. The van der Waals surface area contributed by atoms with Gasteiger partial charge in [0.15, 0.2) is 4.60 Å². The predicted molar refractivity (Wildman–Crippen MR) is 69.6 cm³/mol. The first-order chi connectivity index (χ1) is 8.49. The summed E-state index contributed by atoms with van der Waals surface area (Å²) in [4.78, 5) is 0. The molecule has 0 atom stereocenters.